The fourth-order valence-corrected chi connectivity index (χ4v) is 3.87. The minimum Gasteiger partial charge on any atom is -0.462 e. The Labute approximate surface area is 191 Å². The summed E-state index contributed by atoms with van der Waals surface area (Å²) < 4.78 is 5.49. The number of ether oxygens (including phenoxy) is 1. The second kappa shape index (κ2) is 12.9. The van der Waals surface area contributed by atoms with Crippen LogP contribution in [-0.2, 0) is 9.53 Å². The lowest BCUT2D eigenvalue weighted by Crippen LogP contribution is -2.49. The first-order valence-electron chi connectivity index (χ1n) is 10.6. The van der Waals surface area contributed by atoms with Crippen molar-refractivity contribution >= 4 is 41.7 Å². The Morgan fingerprint density at radius 1 is 1.24 bits per heavy atom. The quantitative estimate of drug-likeness (QED) is 0.191. The number of carbonyl (C=O) groups is 1. The average Bonchev–Trinajstić information content (AvgIpc) is 3.24. The normalized spacial score (nSPS) is 18.2. The van der Waals surface area contributed by atoms with Gasteiger partial charge in [0.25, 0.3) is 0 Å². The minimum absolute atomic E-state index is 0. The van der Waals surface area contributed by atoms with Gasteiger partial charge in [0.2, 0.25) is 0 Å². The summed E-state index contributed by atoms with van der Waals surface area (Å²) in [4.78, 5) is 22.9. The zero-order chi connectivity index (χ0) is 19.6. The lowest BCUT2D eigenvalue weighted by Gasteiger charge is -2.33. The molecule has 0 aromatic carbocycles. The molecule has 0 radical (unpaired) electrons. The van der Waals surface area contributed by atoms with Crippen LogP contribution in [0.3, 0.4) is 0 Å². The largest absolute Gasteiger partial charge is 0.462 e. The summed E-state index contributed by atoms with van der Waals surface area (Å²) in [5.41, 5.74) is 0. The number of halogens is 1. The van der Waals surface area contributed by atoms with Gasteiger partial charge in [-0.15, -0.1) is 24.0 Å². The number of anilines is 1. The molecule has 2 heterocycles. The second-order valence-electron chi connectivity index (χ2n) is 7.59. The maximum absolute atomic E-state index is 11.9. The summed E-state index contributed by atoms with van der Waals surface area (Å²) in [6.07, 6.45) is 9.73. The van der Waals surface area contributed by atoms with E-state index in [1.54, 1.807) is 7.05 Å². The van der Waals surface area contributed by atoms with Gasteiger partial charge in [0.05, 0.1) is 0 Å². The van der Waals surface area contributed by atoms with Crippen molar-refractivity contribution in [3.05, 3.63) is 24.4 Å². The summed E-state index contributed by atoms with van der Waals surface area (Å²) in [6, 6.07) is 6.44. The molecule has 7 nitrogen and oxygen atoms in total. The molecule has 2 fully saturated rings. The molecule has 0 spiro atoms. The molecule has 2 N–H and O–H groups in total. The Morgan fingerprint density at radius 3 is 2.66 bits per heavy atom. The third-order valence-corrected chi connectivity index (χ3v) is 5.48. The van der Waals surface area contributed by atoms with Gasteiger partial charge in [-0.1, -0.05) is 6.07 Å². The van der Waals surface area contributed by atoms with E-state index in [0.717, 1.165) is 57.0 Å². The molecule has 1 aliphatic carbocycles. The highest BCUT2D eigenvalue weighted by atomic mass is 127. The highest BCUT2D eigenvalue weighted by Gasteiger charge is 2.21. The van der Waals surface area contributed by atoms with Gasteiger partial charge in [-0.25, -0.2) is 4.98 Å². The van der Waals surface area contributed by atoms with E-state index in [0.29, 0.717) is 19.0 Å². The highest BCUT2D eigenvalue weighted by molar-refractivity contribution is 14.0. The van der Waals surface area contributed by atoms with Crippen LogP contribution in [0.5, 0.6) is 0 Å². The second-order valence-corrected chi connectivity index (χ2v) is 7.59. The van der Waals surface area contributed by atoms with Crippen molar-refractivity contribution in [3.8, 4) is 0 Å². The molecule has 3 rings (SSSR count). The summed E-state index contributed by atoms with van der Waals surface area (Å²) >= 11 is 0. The van der Waals surface area contributed by atoms with Crippen molar-refractivity contribution < 1.29 is 9.53 Å². The predicted octanol–water partition coefficient (Wildman–Crippen LogP) is 3.10. The van der Waals surface area contributed by atoms with Gasteiger partial charge in [-0.05, 0) is 57.1 Å². The lowest BCUT2D eigenvalue weighted by molar-refractivity contribution is -0.148. The Balaban J connectivity index is 0.00000300. The molecule has 1 aromatic heterocycles. The molecular formula is C21H34IN5O2. The molecule has 1 aliphatic heterocycles. The van der Waals surface area contributed by atoms with Crippen LogP contribution in [0, 0.1) is 0 Å². The standard InChI is InChI=1S/C21H33N5O2.HI/c1-22-21(24-14-6-10-20(27)28-18-7-2-3-8-18)25-17-11-15-26(16-12-17)19-9-4-5-13-23-19;/h4-5,9,13,17-18H,2-3,6-8,10-12,14-16H2,1H3,(H2,22,24,25);1H. The van der Waals surface area contributed by atoms with E-state index in [4.69, 9.17) is 4.74 Å². The van der Waals surface area contributed by atoms with Crippen LogP contribution < -0.4 is 15.5 Å². The highest BCUT2D eigenvalue weighted by Crippen LogP contribution is 2.21. The van der Waals surface area contributed by atoms with Crippen molar-refractivity contribution in [1.29, 1.82) is 0 Å². The van der Waals surface area contributed by atoms with Gasteiger partial charge < -0.3 is 20.3 Å². The molecule has 29 heavy (non-hydrogen) atoms. The number of esters is 1. The third-order valence-electron chi connectivity index (χ3n) is 5.48. The molecule has 0 atom stereocenters. The molecule has 1 aromatic rings. The summed E-state index contributed by atoms with van der Waals surface area (Å²) in [7, 11) is 1.78. The molecule has 0 amide bonds. The van der Waals surface area contributed by atoms with Crippen LogP contribution in [-0.4, -0.2) is 55.7 Å². The van der Waals surface area contributed by atoms with Crippen molar-refractivity contribution in [3.63, 3.8) is 0 Å². The molecule has 0 bridgehead atoms. The molecule has 1 saturated heterocycles. The smallest absolute Gasteiger partial charge is 0.306 e. The van der Waals surface area contributed by atoms with E-state index >= 15 is 0 Å². The SMILES string of the molecule is CN=C(NCCCC(=O)OC1CCCC1)NC1CCN(c2ccccn2)CC1.I. The zero-order valence-electron chi connectivity index (χ0n) is 17.3. The van der Waals surface area contributed by atoms with E-state index in [1.807, 2.05) is 18.3 Å². The van der Waals surface area contributed by atoms with Crippen molar-refractivity contribution in [1.82, 2.24) is 15.6 Å². The number of carbonyl (C=O) groups excluding carboxylic acids is 1. The van der Waals surface area contributed by atoms with Gasteiger partial charge in [0.1, 0.15) is 11.9 Å². The van der Waals surface area contributed by atoms with Crippen LogP contribution in [0.25, 0.3) is 0 Å². The Bertz CT molecular complexity index is 629. The maximum atomic E-state index is 11.9. The first-order chi connectivity index (χ1) is 13.7. The first kappa shape index (κ1) is 23.7. The number of nitrogens with zero attached hydrogens (tertiary/aromatic N) is 3. The number of hydrogen-bond donors (Lipinski definition) is 2. The van der Waals surface area contributed by atoms with Gasteiger partial charge in [-0.3, -0.25) is 9.79 Å². The van der Waals surface area contributed by atoms with Crippen LogP contribution in [0.1, 0.15) is 51.4 Å². The van der Waals surface area contributed by atoms with Crippen LogP contribution in [0.15, 0.2) is 29.4 Å². The Morgan fingerprint density at radius 2 is 2.00 bits per heavy atom. The monoisotopic (exact) mass is 515 g/mol. The van der Waals surface area contributed by atoms with Crippen molar-refractivity contribution in [2.24, 2.45) is 4.99 Å². The number of piperidine rings is 1. The first-order valence-corrected chi connectivity index (χ1v) is 10.6. The third kappa shape index (κ3) is 7.98. The van der Waals surface area contributed by atoms with E-state index in [1.165, 1.54) is 12.8 Å². The molecule has 1 saturated carbocycles. The van der Waals surface area contributed by atoms with Gasteiger partial charge in [-0.2, -0.15) is 0 Å². The number of hydrogen-bond acceptors (Lipinski definition) is 5. The number of rotatable bonds is 7. The van der Waals surface area contributed by atoms with Gasteiger partial charge in [0.15, 0.2) is 5.96 Å². The molecule has 2 aliphatic rings. The van der Waals surface area contributed by atoms with E-state index in [2.05, 4.69) is 31.6 Å². The van der Waals surface area contributed by atoms with Gasteiger partial charge in [0, 0.05) is 45.3 Å². The van der Waals surface area contributed by atoms with Crippen LogP contribution in [0.4, 0.5) is 5.82 Å². The molecular weight excluding hydrogens is 481 g/mol. The van der Waals surface area contributed by atoms with Gasteiger partial charge >= 0.3 is 5.97 Å². The zero-order valence-corrected chi connectivity index (χ0v) is 19.6. The molecule has 8 heteroatoms. The Hall–Kier alpha value is -1.58. The fraction of sp³-hybridized carbons (Fsp3) is 0.667. The summed E-state index contributed by atoms with van der Waals surface area (Å²) in [5, 5.41) is 6.81. The van der Waals surface area contributed by atoms with Crippen molar-refractivity contribution in [2.45, 2.75) is 63.5 Å². The van der Waals surface area contributed by atoms with Crippen LogP contribution in [0.2, 0.25) is 0 Å². The topological polar surface area (TPSA) is 78.8 Å². The maximum Gasteiger partial charge on any atom is 0.306 e. The number of aromatic nitrogens is 1. The van der Waals surface area contributed by atoms with E-state index < -0.39 is 0 Å². The number of aliphatic imine (C=N–C) groups is 1. The molecule has 162 valence electrons. The van der Waals surface area contributed by atoms with E-state index in [-0.39, 0.29) is 36.0 Å². The summed E-state index contributed by atoms with van der Waals surface area (Å²) in [6.45, 7) is 2.68. The average molecular weight is 515 g/mol. The fourth-order valence-electron chi connectivity index (χ4n) is 3.87. The number of guanidine groups is 1. The summed E-state index contributed by atoms with van der Waals surface area (Å²) in [5.74, 6) is 1.78. The lowest BCUT2D eigenvalue weighted by atomic mass is 10.1. The van der Waals surface area contributed by atoms with Crippen LogP contribution >= 0.6 is 24.0 Å². The minimum atomic E-state index is -0.0708. The molecule has 0 unspecified atom stereocenters. The van der Waals surface area contributed by atoms with E-state index in [9.17, 15) is 4.79 Å². The number of nitrogens with one attached hydrogen (secondary N) is 2. The number of pyridine rings is 1. The predicted molar refractivity (Wildman–Crippen MR) is 127 cm³/mol. The Kier molecular flexibility index (Phi) is 10.5. The van der Waals surface area contributed by atoms with Crippen molar-refractivity contribution in [2.75, 3.05) is 31.6 Å².